The van der Waals surface area contributed by atoms with Crippen molar-refractivity contribution in [3.63, 3.8) is 0 Å². The highest BCUT2D eigenvalue weighted by Gasteiger charge is 2.39. The monoisotopic (exact) mass is 773 g/mol. The maximum absolute atomic E-state index is 12.9. The Kier molecular flexibility index (Phi) is 13.3. The number of aliphatic hydroxyl groups is 1. The standard InChI is InChI=1S/C46H55N5O6/c1-31-42(29-50-26-23-38(24-27-50)51-41-13-8-7-12-40(41)49-46(51)55)56-45(57-44(31)35-17-15-33(30-52)16-18-35)36-21-19-34(20-22-36)39-11-6-5-10-37(39)28-48-43(54)14-4-3-9-25-47-32(2)53/h5-8,10-13,15-22,31,38,42,44-45,52H,3-4,9,14,23-30H2,1-2H3,(H,47,53)(H,48,54)(H,49,55). The average molecular weight is 774 g/mol. The van der Waals surface area contributed by atoms with Gasteiger partial charge in [0.1, 0.15) is 0 Å². The number of ether oxygens (including phenoxy) is 2. The van der Waals surface area contributed by atoms with Crippen molar-refractivity contribution in [1.29, 1.82) is 0 Å². The van der Waals surface area contributed by atoms with Gasteiger partial charge in [0.15, 0.2) is 6.29 Å². The Morgan fingerprint density at radius 1 is 0.842 bits per heavy atom. The molecule has 2 amide bonds. The fourth-order valence-corrected chi connectivity index (χ4v) is 8.29. The second-order valence-corrected chi connectivity index (χ2v) is 15.5. The van der Waals surface area contributed by atoms with Gasteiger partial charge in [0.25, 0.3) is 0 Å². The van der Waals surface area contributed by atoms with Gasteiger partial charge in [0.05, 0.1) is 29.8 Å². The van der Waals surface area contributed by atoms with Gasteiger partial charge < -0.3 is 35.1 Å². The molecule has 0 spiro atoms. The third-order valence-electron chi connectivity index (χ3n) is 11.5. The number of aromatic amines is 1. The summed E-state index contributed by atoms with van der Waals surface area (Å²) in [6, 6.07) is 32.5. The molecule has 300 valence electrons. The molecule has 2 aliphatic rings. The van der Waals surface area contributed by atoms with Crippen LogP contribution in [0.2, 0.25) is 0 Å². The van der Waals surface area contributed by atoms with Crippen LogP contribution in [-0.4, -0.2) is 63.7 Å². The topological polar surface area (TPSA) is 138 Å². The number of fused-ring (bicyclic) bond motifs is 1. The van der Waals surface area contributed by atoms with Gasteiger partial charge in [-0.15, -0.1) is 0 Å². The summed E-state index contributed by atoms with van der Waals surface area (Å²) >= 11 is 0. The van der Waals surface area contributed by atoms with E-state index in [1.165, 1.54) is 6.92 Å². The summed E-state index contributed by atoms with van der Waals surface area (Å²) in [6.45, 7) is 7.23. The first kappa shape index (κ1) is 40.1. The van der Waals surface area contributed by atoms with Crippen molar-refractivity contribution in [3.8, 4) is 11.1 Å². The van der Waals surface area contributed by atoms with Crippen molar-refractivity contribution < 1.29 is 24.2 Å². The predicted molar refractivity (Wildman–Crippen MR) is 221 cm³/mol. The van der Waals surface area contributed by atoms with Gasteiger partial charge in [-0.25, -0.2) is 4.79 Å². The lowest BCUT2D eigenvalue weighted by molar-refractivity contribution is -0.276. The predicted octanol–water partition coefficient (Wildman–Crippen LogP) is 6.93. The molecule has 2 saturated heterocycles. The Bertz CT molecular complexity index is 2150. The van der Waals surface area contributed by atoms with Crippen LogP contribution < -0.4 is 16.3 Å². The molecule has 2 aliphatic heterocycles. The quantitative estimate of drug-likeness (QED) is 0.0848. The van der Waals surface area contributed by atoms with Gasteiger partial charge in [0, 0.05) is 63.6 Å². The maximum atomic E-state index is 12.9. The Balaban J connectivity index is 1.02. The van der Waals surface area contributed by atoms with Gasteiger partial charge in [-0.1, -0.05) is 98.3 Å². The van der Waals surface area contributed by atoms with Gasteiger partial charge in [-0.05, 0) is 65.6 Å². The number of carbonyl (C=O) groups excluding carboxylic acids is 2. The van der Waals surface area contributed by atoms with Gasteiger partial charge in [-0.3, -0.25) is 14.2 Å². The Morgan fingerprint density at radius 2 is 1.56 bits per heavy atom. The molecule has 4 atom stereocenters. The molecule has 5 aromatic rings. The second-order valence-electron chi connectivity index (χ2n) is 15.5. The Morgan fingerprint density at radius 3 is 2.32 bits per heavy atom. The SMILES string of the molecule is CC(=O)NCCCCCC(=O)NCc1ccccc1-c1ccc(C2OC(CN3CCC(n4c(=O)[nH]c5ccccc54)CC3)C(C)C(c3ccc(CO)cc3)O2)cc1. The first-order chi connectivity index (χ1) is 27.8. The summed E-state index contributed by atoms with van der Waals surface area (Å²) in [5.41, 5.74) is 7.74. The van der Waals surface area contributed by atoms with Crippen LogP contribution in [0.4, 0.5) is 0 Å². The third kappa shape index (κ3) is 9.91. The largest absolute Gasteiger partial charge is 0.392 e. The number of nitrogens with one attached hydrogen (secondary N) is 3. The molecule has 4 aromatic carbocycles. The van der Waals surface area contributed by atoms with Crippen molar-refractivity contribution in [2.75, 3.05) is 26.2 Å². The van der Waals surface area contributed by atoms with Crippen molar-refractivity contribution in [1.82, 2.24) is 25.1 Å². The summed E-state index contributed by atoms with van der Waals surface area (Å²) in [5, 5.41) is 15.6. The van der Waals surface area contributed by atoms with E-state index in [4.69, 9.17) is 9.47 Å². The molecule has 0 bridgehead atoms. The zero-order valence-electron chi connectivity index (χ0n) is 33.0. The molecule has 0 aliphatic carbocycles. The van der Waals surface area contributed by atoms with Gasteiger partial charge in [-0.2, -0.15) is 0 Å². The van der Waals surface area contributed by atoms with Crippen LogP contribution in [0, 0.1) is 5.92 Å². The summed E-state index contributed by atoms with van der Waals surface area (Å²) < 4.78 is 15.5. The lowest BCUT2D eigenvalue weighted by Gasteiger charge is -2.44. The van der Waals surface area contributed by atoms with E-state index >= 15 is 0 Å². The molecule has 2 fully saturated rings. The van der Waals surface area contributed by atoms with Crippen LogP contribution >= 0.6 is 0 Å². The molecule has 4 unspecified atom stereocenters. The number of para-hydroxylation sites is 2. The lowest BCUT2D eigenvalue weighted by atomic mass is 9.89. The number of aromatic nitrogens is 2. The van der Waals surface area contributed by atoms with E-state index in [0.29, 0.717) is 19.5 Å². The second kappa shape index (κ2) is 18.9. The molecule has 11 heteroatoms. The van der Waals surface area contributed by atoms with E-state index in [1.807, 2.05) is 71.3 Å². The van der Waals surface area contributed by atoms with Crippen LogP contribution in [0.1, 0.15) is 93.1 Å². The minimum absolute atomic E-state index is 0.0136. The Hall–Kier alpha value is -5.07. The lowest BCUT2D eigenvalue weighted by Crippen LogP contribution is -2.47. The fraction of sp³-hybridized carbons (Fsp3) is 0.413. The average Bonchev–Trinajstić information content (AvgIpc) is 3.58. The number of benzene rings is 4. The van der Waals surface area contributed by atoms with E-state index < -0.39 is 6.29 Å². The molecule has 7 rings (SSSR count). The van der Waals surface area contributed by atoms with E-state index in [-0.39, 0.29) is 48.3 Å². The summed E-state index contributed by atoms with van der Waals surface area (Å²) in [5.74, 6) is 0.0437. The van der Waals surface area contributed by atoms with Gasteiger partial charge in [0.2, 0.25) is 11.8 Å². The number of H-pyrrole nitrogens is 1. The first-order valence-corrected chi connectivity index (χ1v) is 20.4. The third-order valence-corrected chi connectivity index (χ3v) is 11.5. The smallest absolute Gasteiger partial charge is 0.326 e. The van der Waals surface area contributed by atoms with E-state index in [0.717, 1.165) is 96.2 Å². The highest BCUT2D eigenvalue weighted by atomic mass is 16.7. The van der Waals surface area contributed by atoms with Crippen molar-refractivity contribution in [2.45, 2.75) is 90.1 Å². The molecular formula is C46H55N5O6. The fourth-order valence-electron chi connectivity index (χ4n) is 8.29. The maximum Gasteiger partial charge on any atom is 0.326 e. The molecular weight excluding hydrogens is 719 g/mol. The van der Waals surface area contributed by atoms with E-state index in [2.05, 4.69) is 57.8 Å². The van der Waals surface area contributed by atoms with Crippen LogP contribution in [0.5, 0.6) is 0 Å². The van der Waals surface area contributed by atoms with E-state index in [1.54, 1.807) is 0 Å². The minimum Gasteiger partial charge on any atom is -0.392 e. The molecule has 3 heterocycles. The normalized spacial score (nSPS) is 20.4. The van der Waals surface area contributed by atoms with Crippen molar-refractivity contribution >= 4 is 22.8 Å². The number of likely N-dealkylation sites (tertiary alicyclic amines) is 1. The van der Waals surface area contributed by atoms with Crippen LogP contribution in [0.15, 0.2) is 102 Å². The highest BCUT2D eigenvalue weighted by molar-refractivity contribution is 5.77. The number of aliphatic hydroxyl groups excluding tert-OH is 1. The van der Waals surface area contributed by atoms with E-state index in [9.17, 15) is 19.5 Å². The number of rotatable bonds is 15. The van der Waals surface area contributed by atoms with Crippen molar-refractivity contribution in [2.24, 2.45) is 5.92 Å². The molecule has 11 nitrogen and oxygen atoms in total. The molecule has 4 N–H and O–H groups in total. The summed E-state index contributed by atoms with van der Waals surface area (Å²) in [4.78, 5) is 42.1. The number of nitrogens with zero attached hydrogens (tertiary/aromatic N) is 2. The Labute approximate surface area is 334 Å². The van der Waals surface area contributed by atoms with Crippen LogP contribution in [-0.2, 0) is 32.2 Å². The number of unbranched alkanes of at least 4 members (excludes halogenated alkanes) is 2. The number of carbonyl (C=O) groups is 2. The molecule has 0 radical (unpaired) electrons. The first-order valence-electron chi connectivity index (χ1n) is 20.4. The number of amides is 2. The van der Waals surface area contributed by atoms with Crippen molar-refractivity contribution in [3.05, 3.63) is 130 Å². The zero-order chi connectivity index (χ0) is 39.7. The number of imidazole rings is 1. The molecule has 57 heavy (non-hydrogen) atoms. The van der Waals surface area contributed by atoms with Crippen LogP contribution in [0.25, 0.3) is 22.2 Å². The minimum atomic E-state index is -0.585. The molecule has 0 saturated carbocycles. The van der Waals surface area contributed by atoms with Crippen LogP contribution in [0.3, 0.4) is 0 Å². The number of hydrogen-bond donors (Lipinski definition) is 4. The summed E-state index contributed by atoms with van der Waals surface area (Å²) in [7, 11) is 0. The number of hydrogen-bond acceptors (Lipinski definition) is 7. The summed E-state index contributed by atoms with van der Waals surface area (Å²) in [6.07, 6.45) is 3.82. The zero-order valence-corrected chi connectivity index (χ0v) is 33.0. The number of piperidine rings is 1. The molecule has 1 aromatic heterocycles. The highest BCUT2D eigenvalue weighted by Crippen LogP contribution is 2.42. The van der Waals surface area contributed by atoms with Gasteiger partial charge >= 0.3 is 5.69 Å².